The third kappa shape index (κ3) is 2.12. The van der Waals surface area contributed by atoms with Crippen molar-refractivity contribution in [3.8, 4) is 11.9 Å². The van der Waals surface area contributed by atoms with E-state index in [9.17, 15) is 8.78 Å². The van der Waals surface area contributed by atoms with Crippen LogP contribution in [0.25, 0.3) is 0 Å². The first-order valence-electron chi connectivity index (χ1n) is 2.89. The molecule has 0 N–H and O–H groups in total. The minimum absolute atomic E-state index is 0.0524. The van der Waals surface area contributed by atoms with Gasteiger partial charge in [-0.15, -0.1) is 0 Å². The Morgan fingerprint density at radius 1 is 1.42 bits per heavy atom. The van der Waals surface area contributed by atoms with Crippen LogP contribution in [0.5, 0.6) is 5.88 Å². The van der Waals surface area contributed by atoms with Crippen LogP contribution in [-0.4, -0.2) is 16.6 Å². The molecule has 1 aromatic rings. The van der Waals surface area contributed by atoms with E-state index in [0.717, 1.165) is 12.4 Å². The van der Waals surface area contributed by atoms with E-state index in [1.807, 2.05) is 0 Å². The van der Waals surface area contributed by atoms with Gasteiger partial charge in [-0.1, -0.05) is 0 Å². The van der Waals surface area contributed by atoms with Crippen LogP contribution in [-0.2, 0) is 0 Å². The number of alkyl halides is 2. The summed E-state index contributed by atoms with van der Waals surface area (Å²) in [5.41, 5.74) is 0.0524. The quantitative estimate of drug-likeness (QED) is 0.664. The molecule has 0 radical (unpaired) electrons. The van der Waals surface area contributed by atoms with E-state index in [4.69, 9.17) is 5.26 Å². The van der Waals surface area contributed by atoms with E-state index < -0.39 is 6.61 Å². The number of hydrogen-bond donors (Lipinski definition) is 0. The van der Waals surface area contributed by atoms with Gasteiger partial charge in [0, 0.05) is 0 Å². The standard InChI is InChI=1S/C6H3F2N3O/c7-6(8)12-5-3-10-4(1-9)2-11-5/h2-3,6H. The van der Waals surface area contributed by atoms with E-state index in [1.165, 1.54) is 0 Å². The summed E-state index contributed by atoms with van der Waals surface area (Å²) in [6.45, 7) is -2.92. The molecule has 1 aromatic heterocycles. The Bertz CT molecular complexity index is 293. The van der Waals surface area contributed by atoms with E-state index >= 15 is 0 Å². The van der Waals surface area contributed by atoms with Gasteiger partial charge in [0.05, 0.1) is 12.4 Å². The monoisotopic (exact) mass is 171 g/mol. The molecule has 0 saturated heterocycles. The van der Waals surface area contributed by atoms with Crippen LogP contribution in [0.3, 0.4) is 0 Å². The minimum atomic E-state index is -2.92. The second kappa shape index (κ2) is 3.57. The molecular formula is C6H3F2N3O. The highest BCUT2D eigenvalue weighted by atomic mass is 19.3. The number of hydrogen-bond acceptors (Lipinski definition) is 4. The zero-order valence-electron chi connectivity index (χ0n) is 5.74. The van der Waals surface area contributed by atoms with Crippen LogP contribution in [0, 0.1) is 11.3 Å². The molecule has 1 heterocycles. The van der Waals surface area contributed by atoms with Gasteiger partial charge in [0.1, 0.15) is 6.07 Å². The SMILES string of the molecule is N#Cc1cnc(OC(F)F)cn1. The van der Waals surface area contributed by atoms with E-state index in [2.05, 4.69) is 14.7 Å². The van der Waals surface area contributed by atoms with Crippen LogP contribution in [0.1, 0.15) is 5.69 Å². The normalized spacial score (nSPS) is 9.50. The Morgan fingerprint density at radius 2 is 2.17 bits per heavy atom. The molecule has 0 saturated carbocycles. The number of halogens is 2. The molecule has 0 aliphatic rings. The van der Waals surface area contributed by atoms with Crippen LogP contribution < -0.4 is 4.74 Å². The lowest BCUT2D eigenvalue weighted by Crippen LogP contribution is -2.03. The van der Waals surface area contributed by atoms with E-state index in [1.54, 1.807) is 6.07 Å². The lowest BCUT2D eigenvalue weighted by molar-refractivity contribution is -0.0531. The van der Waals surface area contributed by atoms with Gasteiger partial charge in [-0.2, -0.15) is 14.0 Å². The highest BCUT2D eigenvalue weighted by Gasteiger charge is 2.04. The maximum Gasteiger partial charge on any atom is 0.388 e. The topological polar surface area (TPSA) is 58.8 Å². The van der Waals surface area contributed by atoms with Crippen LogP contribution in [0.2, 0.25) is 0 Å². The van der Waals surface area contributed by atoms with Crippen molar-refractivity contribution in [2.45, 2.75) is 6.61 Å². The summed E-state index contributed by atoms with van der Waals surface area (Å²) in [6.07, 6.45) is 2.02. The van der Waals surface area contributed by atoms with Gasteiger partial charge < -0.3 is 4.74 Å². The first-order chi connectivity index (χ1) is 5.72. The fraction of sp³-hybridized carbons (Fsp3) is 0.167. The molecule has 0 unspecified atom stereocenters. The number of aromatic nitrogens is 2. The average molecular weight is 171 g/mol. The molecule has 0 spiro atoms. The minimum Gasteiger partial charge on any atom is -0.415 e. The predicted octanol–water partition coefficient (Wildman–Crippen LogP) is 0.950. The summed E-state index contributed by atoms with van der Waals surface area (Å²) >= 11 is 0. The Labute approximate surface area is 66.4 Å². The summed E-state index contributed by atoms with van der Waals surface area (Å²) in [7, 11) is 0. The number of rotatable bonds is 2. The van der Waals surface area contributed by atoms with Crippen molar-refractivity contribution >= 4 is 0 Å². The highest BCUT2D eigenvalue weighted by Crippen LogP contribution is 2.07. The van der Waals surface area contributed by atoms with Crippen LogP contribution in [0.15, 0.2) is 12.4 Å². The molecule has 4 nitrogen and oxygen atoms in total. The van der Waals surface area contributed by atoms with Crippen molar-refractivity contribution in [1.29, 1.82) is 5.26 Å². The van der Waals surface area contributed by atoms with Crippen molar-refractivity contribution in [3.63, 3.8) is 0 Å². The molecule has 0 aliphatic heterocycles. The van der Waals surface area contributed by atoms with Gasteiger partial charge in [-0.05, 0) is 0 Å². The fourth-order valence-corrected chi connectivity index (χ4v) is 0.526. The van der Waals surface area contributed by atoms with Crippen molar-refractivity contribution in [2.75, 3.05) is 0 Å². The van der Waals surface area contributed by atoms with Crippen molar-refractivity contribution in [2.24, 2.45) is 0 Å². The molecule has 0 amide bonds. The third-order valence-electron chi connectivity index (χ3n) is 0.953. The smallest absolute Gasteiger partial charge is 0.388 e. The number of nitrogens with zero attached hydrogens (tertiary/aromatic N) is 3. The first-order valence-corrected chi connectivity index (χ1v) is 2.89. The van der Waals surface area contributed by atoms with E-state index in [0.29, 0.717) is 0 Å². The lowest BCUT2D eigenvalue weighted by atomic mass is 10.5. The summed E-state index contributed by atoms with van der Waals surface area (Å²) in [4.78, 5) is 6.87. The summed E-state index contributed by atoms with van der Waals surface area (Å²) < 4.78 is 27.0. The predicted molar refractivity (Wildman–Crippen MR) is 33.4 cm³/mol. The molecule has 1 rings (SSSR count). The van der Waals surface area contributed by atoms with Crippen molar-refractivity contribution < 1.29 is 13.5 Å². The summed E-state index contributed by atoms with van der Waals surface area (Å²) in [6, 6.07) is 1.69. The summed E-state index contributed by atoms with van der Waals surface area (Å²) in [5, 5.41) is 8.27. The van der Waals surface area contributed by atoms with Crippen molar-refractivity contribution in [1.82, 2.24) is 9.97 Å². The Balaban J connectivity index is 2.73. The van der Waals surface area contributed by atoms with Gasteiger partial charge in [0.15, 0.2) is 5.69 Å². The second-order valence-corrected chi connectivity index (χ2v) is 1.73. The van der Waals surface area contributed by atoms with Gasteiger partial charge in [-0.3, -0.25) is 0 Å². The molecule has 12 heavy (non-hydrogen) atoms. The largest absolute Gasteiger partial charge is 0.415 e. The Kier molecular flexibility index (Phi) is 2.48. The average Bonchev–Trinajstić information content (AvgIpc) is 2.05. The third-order valence-corrected chi connectivity index (χ3v) is 0.953. The fourth-order valence-electron chi connectivity index (χ4n) is 0.526. The van der Waals surface area contributed by atoms with Gasteiger partial charge in [0.25, 0.3) is 0 Å². The molecule has 0 aromatic carbocycles. The van der Waals surface area contributed by atoms with E-state index in [-0.39, 0.29) is 11.6 Å². The molecule has 0 fully saturated rings. The molecule has 0 atom stereocenters. The lowest BCUT2D eigenvalue weighted by Gasteiger charge is -2.00. The van der Waals surface area contributed by atoms with Gasteiger partial charge in [-0.25, -0.2) is 9.97 Å². The number of nitriles is 1. The molecule has 0 bridgehead atoms. The maximum atomic E-state index is 11.5. The zero-order chi connectivity index (χ0) is 8.97. The maximum absolute atomic E-state index is 11.5. The molecule has 62 valence electrons. The molecular weight excluding hydrogens is 168 g/mol. The van der Waals surface area contributed by atoms with Gasteiger partial charge in [0.2, 0.25) is 5.88 Å². The number of ether oxygens (including phenoxy) is 1. The highest BCUT2D eigenvalue weighted by molar-refractivity contribution is 5.18. The Morgan fingerprint density at radius 3 is 2.58 bits per heavy atom. The first kappa shape index (κ1) is 8.33. The molecule has 6 heteroatoms. The van der Waals surface area contributed by atoms with Crippen LogP contribution in [0.4, 0.5) is 8.78 Å². The summed E-state index contributed by atoms with van der Waals surface area (Å²) in [5.74, 6) is -0.302. The van der Waals surface area contributed by atoms with Crippen LogP contribution >= 0.6 is 0 Å². The second-order valence-electron chi connectivity index (χ2n) is 1.73. The van der Waals surface area contributed by atoms with Crippen molar-refractivity contribution in [3.05, 3.63) is 18.1 Å². The zero-order valence-corrected chi connectivity index (χ0v) is 5.74. The molecule has 0 aliphatic carbocycles. The van der Waals surface area contributed by atoms with Gasteiger partial charge >= 0.3 is 6.61 Å². The Hall–Kier alpha value is -1.77.